The lowest BCUT2D eigenvalue weighted by Gasteiger charge is -2.44. The monoisotopic (exact) mass is 362 g/mol. The van der Waals surface area contributed by atoms with Crippen molar-refractivity contribution >= 4 is 15.7 Å². The van der Waals surface area contributed by atoms with Crippen molar-refractivity contribution < 1.29 is 13.2 Å². The number of benzene rings is 1. The zero-order valence-electron chi connectivity index (χ0n) is 14.9. The van der Waals surface area contributed by atoms with Crippen molar-refractivity contribution in [2.45, 2.75) is 45.3 Å². The Bertz CT molecular complexity index is 781. The van der Waals surface area contributed by atoms with Crippen LogP contribution in [0.3, 0.4) is 0 Å². The van der Waals surface area contributed by atoms with Crippen molar-refractivity contribution in [1.29, 1.82) is 0 Å². The number of nitrogens with zero attached hydrogens (tertiary/aromatic N) is 2. The number of hydrogen-bond acceptors (Lipinski definition) is 4. The number of carbonyl (C=O) groups excluding carboxylic acids is 1. The Labute approximate surface area is 149 Å². The van der Waals surface area contributed by atoms with Gasteiger partial charge in [0.1, 0.15) is 0 Å². The van der Waals surface area contributed by atoms with Crippen LogP contribution in [0.15, 0.2) is 18.2 Å². The van der Waals surface area contributed by atoms with Crippen LogP contribution in [0, 0.1) is 19.8 Å². The first-order chi connectivity index (χ1) is 11.9. The predicted octanol–water partition coefficient (Wildman–Crippen LogP) is 1.52. The number of aryl methyl sites for hydroxylation is 2. The first-order valence-corrected chi connectivity index (χ1v) is 11.0. The molecule has 5 nitrogen and oxygen atoms in total. The van der Waals surface area contributed by atoms with Crippen molar-refractivity contribution in [2.75, 3.05) is 24.6 Å². The van der Waals surface area contributed by atoms with Gasteiger partial charge in [-0.05, 0) is 43.4 Å². The molecule has 1 aromatic carbocycles. The van der Waals surface area contributed by atoms with Gasteiger partial charge in [-0.15, -0.1) is 0 Å². The molecule has 1 aromatic rings. The molecule has 2 atom stereocenters. The van der Waals surface area contributed by atoms with E-state index in [0.717, 1.165) is 25.9 Å². The number of sulfone groups is 1. The van der Waals surface area contributed by atoms with Crippen molar-refractivity contribution in [3.05, 3.63) is 34.9 Å². The molecule has 2 saturated heterocycles. The van der Waals surface area contributed by atoms with E-state index in [1.807, 2.05) is 4.90 Å². The van der Waals surface area contributed by atoms with Gasteiger partial charge >= 0.3 is 0 Å². The van der Waals surface area contributed by atoms with Gasteiger partial charge in [-0.1, -0.05) is 18.2 Å². The van der Waals surface area contributed by atoms with Crippen LogP contribution in [-0.2, 0) is 21.2 Å². The fourth-order valence-electron chi connectivity index (χ4n) is 4.36. The first-order valence-electron chi connectivity index (χ1n) is 9.16. The van der Waals surface area contributed by atoms with Crippen LogP contribution in [0.25, 0.3) is 0 Å². The number of hydrogen-bond donors (Lipinski definition) is 0. The van der Waals surface area contributed by atoms with Crippen LogP contribution in [0.5, 0.6) is 0 Å². The summed E-state index contributed by atoms with van der Waals surface area (Å²) in [7, 11) is -3.08. The Morgan fingerprint density at radius 3 is 2.36 bits per heavy atom. The van der Waals surface area contributed by atoms with E-state index in [1.165, 1.54) is 16.7 Å². The third kappa shape index (κ3) is 3.22. The minimum Gasteiger partial charge on any atom is -0.336 e. The summed E-state index contributed by atoms with van der Waals surface area (Å²) < 4.78 is 24.6. The lowest BCUT2D eigenvalue weighted by molar-refractivity contribution is -0.138. The minimum absolute atomic E-state index is 0.0690. The van der Waals surface area contributed by atoms with Gasteiger partial charge in [0.05, 0.1) is 17.5 Å². The Balaban J connectivity index is 1.59. The largest absolute Gasteiger partial charge is 0.336 e. The van der Waals surface area contributed by atoms with Gasteiger partial charge in [0, 0.05) is 31.6 Å². The highest BCUT2D eigenvalue weighted by Gasteiger charge is 2.49. The van der Waals surface area contributed by atoms with E-state index in [9.17, 15) is 13.2 Å². The van der Waals surface area contributed by atoms with Crippen LogP contribution in [0.1, 0.15) is 29.5 Å². The zero-order valence-corrected chi connectivity index (χ0v) is 15.8. The second-order valence-electron chi connectivity index (χ2n) is 7.86. The van der Waals surface area contributed by atoms with Gasteiger partial charge in [-0.2, -0.15) is 0 Å². The molecule has 3 aliphatic rings. The number of amides is 1. The summed E-state index contributed by atoms with van der Waals surface area (Å²) in [6, 6.07) is 6.04. The van der Waals surface area contributed by atoms with E-state index in [1.54, 1.807) is 0 Å². The second-order valence-corrected chi connectivity index (χ2v) is 10.0. The normalized spacial score (nSPS) is 28.8. The molecule has 25 heavy (non-hydrogen) atoms. The van der Waals surface area contributed by atoms with Gasteiger partial charge < -0.3 is 4.90 Å². The minimum atomic E-state index is -3.08. The SMILES string of the molecule is Cc1cccc(C)c1CN1CCN(C(=O)C2CC2)C2CS(=O)(=O)CC21. The molecule has 2 aliphatic heterocycles. The van der Waals surface area contributed by atoms with Crippen LogP contribution < -0.4 is 0 Å². The Hall–Kier alpha value is -1.40. The van der Waals surface area contributed by atoms with Crippen LogP contribution in [0.2, 0.25) is 0 Å². The molecule has 4 rings (SSSR count). The van der Waals surface area contributed by atoms with Crippen molar-refractivity contribution in [1.82, 2.24) is 9.80 Å². The van der Waals surface area contributed by atoms with E-state index in [-0.39, 0.29) is 35.4 Å². The molecule has 0 aromatic heterocycles. The van der Waals surface area contributed by atoms with Gasteiger partial charge in [0.25, 0.3) is 0 Å². The maximum atomic E-state index is 12.6. The first kappa shape index (κ1) is 17.0. The molecule has 1 amide bonds. The molecular weight excluding hydrogens is 336 g/mol. The molecular formula is C19H26N2O3S. The Morgan fingerprint density at radius 1 is 1.08 bits per heavy atom. The predicted molar refractivity (Wildman–Crippen MR) is 97.0 cm³/mol. The smallest absolute Gasteiger partial charge is 0.226 e. The molecule has 0 radical (unpaired) electrons. The highest BCUT2D eigenvalue weighted by Crippen LogP contribution is 2.35. The molecule has 136 valence electrons. The number of fused-ring (bicyclic) bond motifs is 1. The number of piperazine rings is 1. The van der Waals surface area contributed by atoms with Crippen molar-refractivity contribution in [2.24, 2.45) is 5.92 Å². The van der Waals surface area contributed by atoms with Gasteiger partial charge in [0.2, 0.25) is 5.91 Å². The fraction of sp³-hybridized carbons (Fsp3) is 0.632. The summed E-state index contributed by atoms with van der Waals surface area (Å²) in [5.41, 5.74) is 3.77. The molecule has 3 fully saturated rings. The summed E-state index contributed by atoms with van der Waals surface area (Å²) >= 11 is 0. The molecule has 0 N–H and O–H groups in total. The van der Waals surface area contributed by atoms with Gasteiger partial charge in [-0.3, -0.25) is 9.69 Å². The molecule has 1 saturated carbocycles. The highest BCUT2D eigenvalue weighted by molar-refractivity contribution is 7.91. The maximum absolute atomic E-state index is 12.6. The van der Waals surface area contributed by atoms with E-state index < -0.39 is 9.84 Å². The maximum Gasteiger partial charge on any atom is 0.226 e. The quantitative estimate of drug-likeness (QED) is 0.818. The Kier molecular flexibility index (Phi) is 4.15. The number of carbonyl (C=O) groups is 1. The highest BCUT2D eigenvalue weighted by atomic mass is 32.2. The molecule has 1 aliphatic carbocycles. The van der Waals surface area contributed by atoms with E-state index in [0.29, 0.717) is 6.54 Å². The van der Waals surface area contributed by atoms with E-state index >= 15 is 0 Å². The summed E-state index contributed by atoms with van der Waals surface area (Å²) in [6.07, 6.45) is 1.93. The van der Waals surface area contributed by atoms with E-state index in [2.05, 4.69) is 36.9 Å². The summed E-state index contributed by atoms with van der Waals surface area (Å²) in [5, 5.41) is 0. The third-order valence-corrected chi connectivity index (χ3v) is 7.71. The summed E-state index contributed by atoms with van der Waals surface area (Å²) in [4.78, 5) is 16.8. The van der Waals surface area contributed by atoms with Crippen LogP contribution in [-0.4, -0.2) is 60.8 Å². The van der Waals surface area contributed by atoms with Crippen LogP contribution in [0.4, 0.5) is 0 Å². The summed E-state index contributed by atoms with van der Waals surface area (Å²) in [6.45, 7) is 6.39. The number of rotatable bonds is 3. The van der Waals surface area contributed by atoms with E-state index in [4.69, 9.17) is 0 Å². The Morgan fingerprint density at radius 2 is 1.72 bits per heavy atom. The zero-order chi connectivity index (χ0) is 17.8. The van der Waals surface area contributed by atoms with Crippen LogP contribution >= 0.6 is 0 Å². The molecule has 0 bridgehead atoms. The van der Waals surface area contributed by atoms with Gasteiger partial charge in [-0.25, -0.2) is 8.42 Å². The van der Waals surface area contributed by atoms with Gasteiger partial charge in [0.15, 0.2) is 9.84 Å². The second kappa shape index (κ2) is 6.09. The average Bonchev–Trinajstić information content (AvgIpc) is 3.33. The fourth-order valence-corrected chi connectivity index (χ4v) is 6.37. The van der Waals surface area contributed by atoms with Crippen molar-refractivity contribution in [3.8, 4) is 0 Å². The topological polar surface area (TPSA) is 57.7 Å². The summed E-state index contributed by atoms with van der Waals surface area (Å²) in [5.74, 6) is 0.629. The standard InChI is InChI=1S/C19H26N2O3S/c1-13-4-3-5-14(2)16(13)10-20-8-9-21(19(22)15-6-7-15)18-12-25(23,24)11-17(18)20/h3-5,15,17-18H,6-12H2,1-2H3. The molecule has 2 unspecified atom stereocenters. The lowest BCUT2D eigenvalue weighted by Crippen LogP contribution is -2.60. The molecule has 0 spiro atoms. The molecule has 2 heterocycles. The lowest BCUT2D eigenvalue weighted by atomic mass is 9.99. The van der Waals surface area contributed by atoms with Crippen molar-refractivity contribution in [3.63, 3.8) is 0 Å². The third-order valence-electron chi connectivity index (χ3n) is 6.01. The molecule has 6 heteroatoms. The average molecular weight is 362 g/mol.